The Kier molecular flexibility index (Phi) is 4.58. The monoisotopic (exact) mass is 273 g/mol. The van der Waals surface area contributed by atoms with Crippen LogP contribution in [0.2, 0.25) is 5.02 Å². The first-order chi connectivity index (χ1) is 9.22. The number of carbonyl (C=O) groups is 1. The van der Waals surface area contributed by atoms with Gasteiger partial charge in [-0.1, -0.05) is 36.7 Å². The molecule has 0 bridgehead atoms. The molecule has 3 heteroatoms. The quantitative estimate of drug-likeness (QED) is 0.783. The van der Waals surface area contributed by atoms with Gasteiger partial charge in [-0.3, -0.25) is 9.69 Å². The predicted octanol–water partition coefficient (Wildman–Crippen LogP) is 4.80. The number of nitrogens with zero attached hydrogens (tertiary/aromatic N) is 1. The smallest absolute Gasteiger partial charge is 0.231 e. The Balaban J connectivity index is 2.40. The minimum atomic E-state index is 0.0935. The van der Waals surface area contributed by atoms with Gasteiger partial charge in [0.25, 0.3) is 0 Å². The van der Waals surface area contributed by atoms with Gasteiger partial charge in [0.05, 0.1) is 0 Å². The predicted molar refractivity (Wildman–Crippen MR) is 79.9 cm³/mol. The fourth-order valence-electron chi connectivity index (χ4n) is 1.93. The zero-order valence-electron chi connectivity index (χ0n) is 10.8. The minimum Gasteiger partial charge on any atom is -0.281 e. The summed E-state index contributed by atoms with van der Waals surface area (Å²) in [6.45, 7) is 2.00. The molecule has 0 spiro atoms. The van der Waals surface area contributed by atoms with Crippen LogP contribution in [0.15, 0.2) is 54.6 Å². The maximum absolute atomic E-state index is 12.3. The second kappa shape index (κ2) is 6.39. The van der Waals surface area contributed by atoms with Crippen LogP contribution in [0, 0.1) is 0 Å². The topological polar surface area (TPSA) is 20.3 Å². The summed E-state index contributed by atoms with van der Waals surface area (Å²) in [6.07, 6.45) is 1.35. The second-order valence-electron chi connectivity index (χ2n) is 4.29. The molecule has 98 valence electrons. The van der Waals surface area contributed by atoms with Gasteiger partial charge in [0.2, 0.25) is 5.91 Å². The molecule has 0 unspecified atom stereocenters. The van der Waals surface area contributed by atoms with Gasteiger partial charge in [0, 0.05) is 22.8 Å². The van der Waals surface area contributed by atoms with Gasteiger partial charge in [-0.05, 0) is 42.8 Å². The molecule has 0 aliphatic carbocycles. The van der Waals surface area contributed by atoms with E-state index in [1.807, 2.05) is 49.4 Å². The fraction of sp³-hybridized carbons (Fsp3) is 0.188. The summed E-state index contributed by atoms with van der Waals surface area (Å²) < 4.78 is 0. The maximum Gasteiger partial charge on any atom is 0.231 e. The molecule has 2 aromatic rings. The molecule has 2 rings (SSSR count). The number of amides is 1. The van der Waals surface area contributed by atoms with Crippen molar-refractivity contribution in [2.24, 2.45) is 0 Å². The van der Waals surface area contributed by atoms with Crippen LogP contribution < -0.4 is 4.90 Å². The van der Waals surface area contributed by atoms with Crippen molar-refractivity contribution in [1.82, 2.24) is 0 Å². The van der Waals surface area contributed by atoms with Crippen molar-refractivity contribution in [3.63, 3.8) is 0 Å². The van der Waals surface area contributed by atoms with Crippen molar-refractivity contribution in [2.45, 2.75) is 19.8 Å². The first kappa shape index (κ1) is 13.6. The third-order valence-corrected chi connectivity index (χ3v) is 3.06. The lowest BCUT2D eigenvalue weighted by Crippen LogP contribution is -2.25. The lowest BCUT2D eigenvalue weighted by atomic mass is 10.2. The van der Waals surface area contributed by atoms with E-state index < -0.39 is 0 Å². The van der Waals surface area contributed by atoms with E-state index in [4.69, 9.17) is 11.6 Å². The van der Waals surface area contributed by atoms with Crippen LogP contribution in [-0.2, 0) is 4.79 Å². The van der Waals surface area contributed by atoms with E-state index in [0.29, 0.717) is 11.4 Å². The molecule has 0 radical (unpaired) electrons. The number of rotatable bonds is 4. The Hall–Kier alpha value is -1.80. The van der Waals surface area contributed by atoms with E-state index in [2.05, 4.69) is 0 Å². The van der Waals surface area contributed by atoms with E-state index in [1.165, 1.54) is 0 Å². The summed E-state index contributed by atoms with van der Waals surface area (Å²) in [5.41, 5.74) is 1.72. The summed E-state index contributed by atoms with van der Waals surface area (Å²) >= 11 is 5.90. The summed E-state index contributed by atoms with van der Waals surface area (Å²) in [7, 11) is 0. The lowest BCUT2D eigenvalue weighted by Gasteiger charge is -2.23. The van der Waals surface area contributed by atoms with E-state index >= 15 is 0 Å². The third kappa shape index (κ3) is 3.36. The Morgan fingerprint density at radius 1 is 1.00 bits per heavy atom. The molecular weight excluding hydrogens is 258 g/mol. The molecule has 0 aliphatic heterocycles. The van der Waals surface area contributed by atoms with Gasteiger partial charge < -0.3 is 0 Å². The largest absolute Gasteiger partial charge is 0.281 e. The van der Waals surface area contributed by atoms with Gasteiger partial charge in [-0.25, -0.2) is 0 Å². The van der Waals surface area contributed by atoms with Crippen molar-refractivity contribution in [1.29, 1.82) is 0 Å². The van der Waals surface area contributed by atoms with Crippen LogP contribution in [0.3, 0.4) is 0 Å². The number of hydrogen-bond acceptors (Lipinski definition) is 1. The molecule has 0 aliphatic rings. The van der Waals surface area contributed by atoms with Gasteiger partial charge in [-0.15, -0.1) is 0 Å². The summed E-state index contributed by atoms with van der Waals surface area (Å²) in [4.78, 5) is 14.1. The van der Waals surface area contributed by atoms with Crippen LogP contribution >= 0.6 is 11.6 Å². The Morgan fingerprint density at radius 2 is 1.58 bits per heavy atom. The SMILES string of the molecule is CCCC(=O)N(c1ccccc1)c1ccc(Cl)cc1. The van der Waals surface area contributed by atoms with Crippen molar-refractivity contribution in [3.05, 3.63) is 59.6 Å². The fourth-order valence-corrected chi connectivity index (χ4v) is 2.06. The molecule has 2 aromatic carbocycles. The molecule has 0 N–H and O–H groups in total. The number of para-hydroxylation sites is 1. The van der Waals surface area contributed by atoms with Crippen molar-refractivity contribution >= 4 is 28.9 Å². The minimum absolute atomic E-state index is 0.0935. The molecule has 0 atom stereocenters. The normalized spacial score (nSPS) is 10.2. The van der Waals surface area contributed by atoms with E-state index in [1.54, 1.807) is 17.0 Å². The molecular formula is C16H16ClNO. The number of carbonyl (C=O) groups excluding carboxylic acids is 1. The molecule has 1 amide bonds. The van der Waals surface area contributed by atoms with Crippen molar-refractivity contribution in [2.75, 3.05) is 4.90 Å². The standard InChI is InChI=1S/C16H16ClNO/c1-2-6-16(19)18(14-7-4-3-5-8-14)15-11-9-13(17)10-12-15/h3-5,7-12H,2,6H2,1H3. The Labute approximate surface area is 118 Å². The average molecular weight is 274 g/mol. The summed E-state index contributed by atoms with van der Waals surface area (Å²) in [5, 5.41) is 0.666. The van der Waals surface area contributed by atoms with Gasteiger partial charge in [0.1, 0.15) is 0 Å². The number of halogens is 1. The van der Waals surface area contributed by atoms with E-state index in [0.717, 1.165) is 17.8 Å². The van der Waals surface area contributed by atoms with E-state index in [9.17, 15) is 4.79 Å². The van der Waals surface area contributed by atoms with Crippen LogP contribution in [0.25, 0.3) is 0 Å². The van der Waals surface area contributed by atoms with Crippen LogP contribution in [0.4, 0.5) is 11.4 Å². The average Bonchev–Trinajstić information content (AvgIpc) is 2.43. The Morgan fingerprint density at radius 3 is 2.16 bits per heavy atom. The Bertz CT molecular complexity index is 536. The zero-order chi connectivity index (χ0) is 13.7. The number of benzene rings is 2. The zero-order valence-corrected chi connectivity index (χ0v) is 11.6. The first-order valence-electron chi connectivity index (χ1n) is 6.36. The maximum atomic E-state index is 12.3. The highest BCUT2D eigenvalue weighted by Gasteiger charge is 2.16. The molecule has 0 heterocycles. The summed E-state index contributed by atoms with van der Waals surface area (Å²) in [6, 6.07) is 17.0. The lowest BCUT2D eigenvalue weighted by molar-refractivity contribution is -0.117. The second-order valence-corrected chi connectivity index (χ2v) is 4.73. The molecule has 0 saturated carbocycles. The van der Waals surface area contributed by atoms with Crippen LogP contribution in [-0.4, -0.2) is 5.91 Å². The first-order valence-corrected chi connectivity index (χ1v) is 6.73. The highest BCUT2D eigenvalue weighted by Crippen LogP contribution is 2.27. The van der Waals surface area contributed by atoms with E-state index in [-0.39, 0.29) is 5.91 Å². The third-order valence-electron chi connectivity index (χ3n) is 2.81. The highest BCUT2D eigenvalue weighted by atomic mass is 35.5. The summed E-state index contributed by atoms with van der Waals surface area (Å²) in [5.74, 6) is 0.0935. The number of hydrogen-bond donors (Lipinski definition) is 0. The molecule has 2 nitrogen and oxygen atoms in total. The highest BCUT2D eigenvalue weighted by molar-refractivity contribution is 6.30. The van der Waals surface area contributed by atoms with Crippen molar-refractivity contribution < 1.29 is 4.79 Å². The molecule has 0 aromatic heterocycles. The van der Waals surface area contributed by atoms with Gasteiger partial charge in [0.15, 0.2) is 0 Å². The molecule has 0 fully saturated rings. The van der Waals surface area contributed by atoms with Crippen LogP contribution in [0.1, 0.15) is 19.8 Å². The molecule has 19 heavy (non-hydrogen) atoms. The van der Waals surface area contributed by atoms with Gasteiger partial charge in [-0.2, -0.15) is 0 Å². The van der Waals surface area contributed by atoms with Crippen molar-refractivity contribution in [3.8, 4) is 0 Å². The van der Waals surface area contributed by atoms with Gasteiger partial charge >= 0.3 is 0 Å². The number of anilines is 2. The van der Waals surface area contributed by atoms with Crippen LogP contribution in [0.5, 0.6) is 0 Å². The molecule has 0 saturated heterocycles.